The van der Waals surface area contributed by atoms with Crippen molar-refractivity contribution in [1.29, 1.82) is 0 Å². The second-order valence-electron chi connectivity index (χ2n) is 3.59. The molecule has 2 nitrogen and oxygen atoms in total. The number of allylic oxidation sites excluding steroid dienone is 1. The number of hydrogen-bond acceptors (Lipinski definition) is 1. The van der Waals surface area contributed by atoms with Crippen LogP contribution in [0.4, 0.5) is 0 Å². The second kappa shape index (κ2) is 5.15. The van der Waals surface area contributed by atoms with E-state index in [1.54, 1.807) is 6.08 Å². The van der Waals surface area contributed by atoms with Gasteiger partial charge in [-0.25, -0.2) is 4.98 Å². The zero-order valence-corrected chi connectivity index (χ0v) is 11.2. The summed E-state index contributed by atoms with van der Waals surface area (Å²) in [6.07, 6.45) is 7.69. The third-order valence-corrected chi connectivity index (χ3v) is 2.92. The minimum atomic E-state index is 0.848. The zero-order chi connectivity index (χ0) is 12.3. The summed E-state index contributed by atoms with van der Waals surface area (Å²) in [4.78, 5) is 4.53. The fourth-order valence-electron chi connectivity index (χ4n) is 1.60. The van der Waals surface area contributed by atoms with Gasteiger partial charge in [-0.3, -0.25) is 0 Å². The van der Waals surface area contributed by atoms with Crippen molar-refractivity contribution >= 4 is 28.2 Å². The largest absolute Gasteiger partial charge is 0.307 e. The van der Waals surface area contributed by atoms with Gasteiger partial charge in [-0.15, -0.1) is 0 Å². The minimum Gasteiger partial charge on any atom is -0.307 e. The third kappa shape index (κ3) is 2.56. The zero-order valence-electron chi connectivity index (χ0n) is 9.60. The van der Waals surface area contributed by atoms with E-state index in [4.69, 9.17) is 0 Å². The number of hydrogen-bond donors (Lipinski definition) is 0. The molecule has 0 aliphatic heterocycles. The average Bonchev–Trinajstić information content (AvgIpc) is 2.74. The summed E-state index contributed by atoms with van der Waals surface area (Å²) in [7, 11) is 0. The molecular formula is C14H13BrN2. The van der Waals surface area contributed by atoms with E-state index < -0.39 is 0 Å². The van der Waals surface area contributed by atoms with E-state index in [1.165, 1.54) is 0 Å². The highest BCUT2D eigenvalue weighted by atomic mass is 79.9. The standard InChI is InChI=1S/C14H13BrN2/c1-3-9-17-10-13(16-14(17)4-2)11-5-7-12(15)8-6-11/h3-10H,2H2,1H3/b9-3-. The maximum Gasteiger partial charge on any atom is 0.136 e. The van der Waals surface area contributed by atoms with Gasteiger partial charge in [-0.1, -0.05) is 40.7 Å². The van der Waals surface area contributed by atoms with Gasteiger partial charge in [0.1, 0.15) is 5.82 Å². The molecule has 0 N–H and O–H groups in total. The topological polar surface area (TPSA) is 17.8 Å². The molecule has 0 fully saturated rings. The molecule has 0 saturated carbocycles. The average molecular weight is 289 g/mol. The van der Waals surface area contributed by atoms with Gasteiger partial charge in [0.15, 0.2) is 0 Å². The molecule has 0 radical (unpaired) electrons. The monoisotopic (exact) mass is 288 g/mol. The van der Waals surface area contributed by atoms with Crippen LogP contribution in [-0.2, 0) is 0 Å². The van der Waals surface area contributed by atoms with E-state index in [0.29, 0.717) is 0 Å². The summed E-state index contributed by atoms with van der Waals surface area (Å²) in [5.41, 5.74) is 2.05. The van der Waals surface area contributed by atoms with Crippen molar-refractivity contribution in [2.24, 2.45) is 0 Å². The predicted molar refractivity (Wildman–Crippen MR) is 76.5 cm³/mol. The molecule has 0 amide bonds. The lowest BCUT2D eigenvalue weighted by molar-refractivity contribution is 1.10. The van der Waals surface area contributed by atoms with Crippen molar-refractivity contribution in [1.82, 2.24) is 9.55 Å². The first kappa shape index (κ1) is 11.9. The van der Waals surface area contributed by atoms with Crippen molar-refractivity contribution in [3.8, 4) is 11.3 Å². The molecular weight excluding hydrogens is 276 g/mol. The van der Waals surface area contributed by atoms with Crippen LogP contribution in [-0.4, -0.2) is 9.55 Å². The second-order valence-corrected chi connectivity index (χ2v) is 4.50. The molecule has 1 aromatic heterocycles. The van der Waals surface area contributed by atoms with Crippen LogP contribution in [0.5, 0.6) is 0 Å². The molecule has 0 atom stereocenters. The Balaban J connectivity index is 2.46. The van der Waals surface area contributed by atoms with Crippen molar-refractivity contribution in [2.45, 2.75) is 6.92 Å². The Kier molecular flexibility index (Phi) is 3.59. The normalized spacial score (nSPS) is 10.9. The molecule has 2 rings (SSSR count). The molecule has 1 heterocycles. The van der Waals surface area contributed by atoms with Gasteiger partial charge in [0.2, 0.25) is 0 Å². The van der Waals surface area contributed by atoms with Gasteiger partial charge >= 0.3 is 0 Å². The van der Waals surface area contributed by atoms with Gasteiger partial charge in [0, 0.05) is 22.4 Å². The molecule has 17 heavy (non-hydrogen) atoms. The quantitative estimate of drug-likeness (QED) is 0.816. The Morgan fingerprint density at radius 1 is 1.29 bits per heavy atom. The highest BCUT2D eigenvalue weighted by Gasteiger charge is 2.05. The summed E-state index contributed by atoms with van der Waals surface area (Å²) < 4.78 is 3.03. The van der Waals surface area contributed by atoms with Crippen LogP contribution in [0.25, 0.3) is 23.5 Å². The first-order chi connectivity index (χ1) is 8.24. The third-order valence-electron chi connectivity index (χ3n) is 2.39. The summed E-state index contributed by atoms with van der Waals surface area (Å²) >= 11 is 3.42. The number of nitrogens with zero attached hydrogens (tertiary/aromatic N) is 2. The summed E-state index contributed by atoms with van der Waals surface area (Å²) in [5.74, 6) is 0.848. The Morgan fingerprint density at radius 2 is 2.00 bits per heavy atom. The van der Waals surface area contributed by atoms with E-state index in [1.807, 2.05) is 54.2 Å². The van der Waals surface area contributed by atoms with Crippen LogP contribution < -0.4 is 0 Å². The van der Waals surface area contributed by atoms with Gasteiger partial charge in [0.05, 0.1) is 5.69 Å². The molecule has 86 valence electrons. The van der Waals surface area contributed by atoms with Crippen molar-refractivity contribution in [3.63, 3.8) is 0 Å². The molecule has 0 aliphatic rings. The van der Waals surface area contributed by atoms with Crippen molar-refractivity contribution in [2.75, 3.05) is 0 Å². The van der Waals surface area contributed by atoms with E-state index in [2.05, 4.69) is 27.5 Å². The fraction of sp³-hybridized carbons (Fsp3) is 0.0714. The van der Waals surface area contributed by atoms with Crippen molar-refractivity contribution < 1.29 is 0 Å². The lowest BCUT2D eigenvalue weighted by Crippen LogP contribution is -1.86. The molecule has 1 aromatic carbocycles. The molecule has 3 heteroatoms. The number of rotatable bonds is 3. The lowest BCUT2D eigenvalue weighted by Gasteiger charge is -1.95. The highest BCUT2D eigenvalue weighted by molar-refractivity contribution is 9.10. The number of halogens is 1. The molecule has 0 bridgehead atoms. The lowest BCUT2D eigenvalue weighted by atomic mass is 10.2. The number of imidazole rings is 1. The number of benzene rings is 1. The molecule has 0 saturated heterocycles. The maximum atomic E-state index is 4.53. The van der Waals surface area contributed by atoms with Crippen LogP contribution in [0.2, 0.25) is 0 Å². The molecule has 0 spiro atoms. The summed E-state index contributed by atoms with van der Waals surface area (Å²) in [6.45, 7) is 5.75. The Morgan fingerprint density at radius 3 is 2.59 bits per heavy atom. The summed E-state index contributed by atoms with van der Waals surface area (Å²) in [5, 5.41) is 0. The van der Waals surface area contributed by atoms with Crippen LogP contribution in [0.3, 0.4) is 0 Å². The maximum absolute atomic E-state index is 4.53. The Labute approximate surface area is 109 Å². The smallest absolute Gasteiger partial charge is 0.136 e. The van der Waals surface area contributed by atoms with Crippen LogP contribution in [0.15, 0.2) is 47.6 Å². The van der Waals surface area contributed by atoms with E-state index in [0.717, 1.165) is 21.6 Å². The van der Waals surface area contributed by atoms with Gasteiger partial charge in [-0.05, 0) is 25.1 Å². The Hall–Kier alpha value is -1.61. The van der Waals surface area contributed by atoms with Gasteiger partial charge in [-0.2, -0.15) is 0 Å². The fourth-order valence-corrected chi connectivity index (χ4v) is 1.86. The molecule has 0 aliphatic carbocycles. The van der Waals surface area contributed by atoms with E-state index in [-0.39, 0.29) is 0 Å². The minimum absolute atomic E-state index is 0.848. The number of aromatic nitrogens is 2. The summed E-state index contributed by atoms with van der Waals surface area (Å²) in [6, 6.07) is 8.10. The van der Waals surface area contributed by atoms with E-state index >= 15 is 0 Å². The first-order valence-electron chi connectivity index (χ1n) is 5.34. The van der Waals surface area contributed by atoms with Gasteiger partial charge < -0.3 is 4.57 Å². The van der Waals surface area contributed by atoms with Crippen LogP contribution in [0.1, 0.15) is 12.7 Å². The molecule has 2 aromatic rings. The first-order valence-corrected chi connectivity index (χ1v) is 6.14. The highest BCUT2D eigenvalue weighted by Crippen LogP contribution is 2.21. The van der Waals surface area contributed by atoms with E-state index in [9.17, 15) is 0 Å². The van der Waals surface area contributed by atoms with Crippen LogP contribution in [0, 0.1) is 0 Å². The van der Waals surface area contributed by atoms with Crippen molar-refractivity contribution in [3.05, 3.63) is 53.4 Å². The van der Waals surface area contributed by atoms with Gasteiger partial charge in [0.25, 0.3) is 0 Å². The SMILES string of the molecule is C=Cc1nc(-c2ccc(Br)cc2)cn1/C=C\C. The van der Waals surface area contributed by atoms with Crippen LogP contribution >= 0.6 is 15.9 Å². The Bertz CT molecular complexity index is 550. The molecule has 0 unspecified atom stereocenters. The predicted octanol–water partition coefficient (Wildman–Crippen LogP) is 4.45.